The third-order valence-electron chi connectivity index (χ3n) is 2.32. The molecule has 0 aliphatic carbocycles. The first-order valence-electron chi connectivity index (χ1n) is 5.03. The fourth-order valence-electron chi connectivity index (χ4n) is 1.64. The van der Waals surface area contributed by atoms with E-state index in [2.05, 4.69) is 11.1 Å². The number of rotatable bonds is 4. The second-order valence-electron chi connectivity index (χ2n) is 3.77. The fraction of sp³-hybridized carbons (Fsp3) is 0.250. The molecule has 0 unspecified atom stereocenters. The molecule has 16 heavy (non-hydrogen) atoms. The van der Waals surface area contributed by atoms with Crippen molar-refractivity contribution in [2.75, 3.05) is 6.61 Å². The summed E-state index contributed by atoms with van der Waals surface area (Å²) in [5.74, 6) is -0.952. The molecule has 0 fully saturated rings. The minimum Gasteiger partial charge on any atom is -0.480 e. The highest BCUT2D eigenvalue weighted by Gasteiger charge is 2.02. The maximum Gasteiger partial charge on any atom is 0.329 e. The number of carbonyl (C=O) groups is 1. The number of aromatic amines is 1. The zero-order valence-corrected chi connectivity index (χ0v) is 8.99. The number of nitrogens with one attached hydrogen (secondary N) is 1. The number of H-pyrrole nitrogens is 1. The lowest BCUT2D eigenvalue weighted by atomic mass is 10.2. The second-order valence-corrected chi connectivity index (χ2v) is 3.77. The normalized spacial score (nSPS) is 10.8. The minimum atomic E-state index is -0.952. The first-order chi connectivity index (χ1) is 7.65. The van der Waals surface area contributed by atoms with Crippen LogP contribution in [0.25, 0.3) is 10.9 Å². The Kier molecular flexibility index (Phi) is 2.92. The van der Waals surface area contributed by atoms with Crippen LogP contribution in [-0.4, -0.2) is 22.7 Å². The van der Waals surface area contributed by atoms with Gasteiger partial charge in [0.2, 0.25) is 0 Å². The number of carboxylic acid groups (broad SMARTS) is 1. The van der Waals surface area contributed by atoms with Gasteiger partial charge in [0.15, 0.2) is 0 Å². The van der Waals surface area contributed by atoms with Crippen LogP contribution in [0.5, 0.6) is 0 Å². The number of hydrogen-bond acceptors (Lipinski definition) is 2. The van der Waals surface area contributed by atoms with Crippen LogP contribution in [0.3, 0.4) is 0 Å². The molecule has 0 spiro atoms. The van der Waals surface area contributed by atoms with E-state index in [-0.39, 0.29) is 6.61 Å². The molecular weight excluding hydrogens is 206 g/mol. The number of fused-ring (bicyclic) bond motifs is 1. The lowest BCUT2D eigenvalue weighted by molar-refractivity contribution is -0.142. The second kappa shape index (κ2) is 4.37. The van der Waals surface area contributed by atoms with E-state index >= 15 is 0 Å². The lowest BCUT2D eigenvalue weighted by Crippen LogP contribution is -2.06. The highest BCUT2D eigenvalue weighted by molar-refractivity contribution is 5.81. The highest BCUT2D eigenvalue weighted by Crippen LogP contribution is 2.17. The summed E-state index contributed by atoms with van der Waals surface area (Å²) in [6, 6.07) is 8.09. The van der Waals surface area contributed by atoms with Crippen molar-refractivity contribution in [3.63, 3.8) is 0 Å². The highest BCUT2D eigenvalue weighted by atomic mass is 16.5. The Labute approximate surface area is 92.9 Å². The molecule has 0 aliphatic rings. The summed E-state index contributed by atoms with van der Waals surface area (Å²) in [7, 11) is 0. The summed E-state index contributed by atoms with van der Waals surface area (Å²) < 4.78 is 5.01. The molecule has 2 rings (SSSR count). The minimum absolute atomic E-state index is 0.269. The van der Waals surface area contributed by atoms with E-state index in [9.17, 15) is 4.79 Å². The monoisotopic (exact) mass is 219 g/mol. The molecule has 0 bridgehead atoms. The molecule has 2 aromatic rings. The van der Waals surface area contributed by atoms with Gasteiger partial charge in [0.25, 0.3) is 0 Å². The van der Waals surface area contributed by atoms with Crippen molar-refractivity contribution in [3.05, 3.63) is 35.5 Å². The zero-order chi connectivity index (χ0) is 11.5. The van der Waals surface area contributed by atoms with Gasteiger partial charge in [-0.05, 0) is 30.5 Å². The number of aliphatic carboxylic acids is 1. The molecule has 0 saturated heterocycles. The molecule has 84 valence electrons. The Morgan fingerprint density at radius 1 is 1.44 bits per heavy atom. The van der Waals surface area contributed by atoms with Gasteiger partial charge in [0.1, 0.15) is 6.61 Å². The molecule has 1 heterocycles. The van der Waals surface area contributed by atoms with Crippen LogP contribution in [0.1, 0.15) is 11.3 Å². The zero-order valence-electron chi connectivity index (χ0n) is 8.99. The Hall–Kier alpha value is -1.81. The maximum absolute atomic E-state index is 10.3. The molecule has 0 aliphatic heterocycles. The number of carboxylic acids is 1. The Bertz CT molecular complexity index is 516. The number of aromatic nitrogens is 1. The first kappa shape index (κ1) is 10.7. The number of benzene rings is 1. The molecule has 0 amide bonds. The summed E-state index contributed by atoms with van der Waals surface area (Å²) in [5.41, 5.74) is 3.13. The molecule has 4 heteroatoms. The van der Waals surface area contributed by atoms with Crippen LogP contribution in [0.2, 0.25) is 0 Å². The van der Waals surface area contributed by atoms with Crippen molar-refractivity contribution in [2.45, 2.75) is 13.5 Å². The number of aryl methyl sites for hydroxylation is 1. The van der Waals surface area contributed by atoms with Crippen LogP contribution in [0.4, 0.5) is 0 Å². The molecule has 0 saturated carbocycles. The van der Waals surface area contributed by atoms with Crippen LogP contribution in [-0.2, 0) is 16.1 Å². The predicted molar refractivity (Wildman–Crippen MR) is 60.3 cm³/mol. The third-order valence-corrected chi connectivity index (χ3v) is 2.32. The van der Waals surface area contributed by atoms with E-state index in [1.54, 1.807) is 0 Å². The maximum atomic E-state index is 10.3. The number of ether oxygens (including phenoxy) is 1. The standard InChI is InChI=1S/C12H13NO3/c1-8-2-3-11-9(4-8)5-10(13-11)6-16-7-12(14)15/h2-5,13H,6-7H2,1H3,(H,14,15). The number of hydrogen-bond donors (Lipinski definition) is 2. The average Bonchev–Trinajstić information content (AvgIpc) is 2.58. The van der Waals surface area contributed by atoms with Gasteiger partial charge >= 0.3 is 5.97 Å². The van der Waals surface area contributed by atoms with Crippen molar-refractivity contribution >= 4 is 16.9 Å². The lowest BCUT2D eigenvalue weighted by Gasteiger charge is -1.97. The third kappa shape index (κ3) is 2.41. The SMILES string of the molecule is Cc1ccc2[nH]c(COCC(=O)O)cc2c1. The summed E-state index contributed by atoms with van der Waals surface area (Å²) in [6.07, 6.45) is 0. The van der Waals surface area contributed by atoms with Gasteiger partial charge < -0.3 is 14.8 Å². The molecular formula is C12H13NO3. The van der Waals surface area contributed by atoms with Crippen LogP contribution in [0, 0.1) is 6.92 Å². The van der Waals surface area contributed by atoms with Crippen LogP contribution < -0.4 is 0 Å². The summed E-state index contributed by atoms with van der Waals surface area (Å²) in [5, 5.41) is 9.55. The smallest absolute Gasteiger partial charge is 0.329 e. The molecule has 2 N–H and O–H groups in total. The van der Waals surface area contributed by atoms with Gasteiger partial charge in [-0.2, -0.15) is 0 Å². The largest absolute Gasteiger partial charge is 0.480 e. The first-order valence-corrected chi connectivity index (χ1v) is 5.03. The van der Waals surface area contributed by atoms with Crippen molar-refractivity contribution in [1.29, 1.82) is 0 Å². The van der Waals surface area contributed by atoms with E-state index in [4.69, 9.17) is 9.84 Å². The fourth-order valence-corrected chi connectivity index (χ4v) is 1.64. The van der Waals surface area contributed by atoms with Gasteiger partial charge in [-0.25, -0.2) is 4.79 Å². The van der Waals surface area contributed by atoms with Crippen molar-refractivity contribution in [1.82, 2.24) is 4.98 Å². The van der Waals surface area contributed by atoms with Crippen molar-refractivity contribution in [2.24, 2.45) is 0 Å². The van der Waals surface area contributed by atoms with Crippen LogP contribution in [0.15, 0.2) is 24.3 Å². The summed E-state index contributed by atoms with van der Waals surface area (Å²) in [4.78, 5) is 13.4. The summed E-state index contributed by atoms with van der Waals surface area (Å²) in [6.45, 7) is 2.06. The summed E-state index contributed by atoms with van der Waals surface area (Å²) >= 11 is 0. The van der Waals surface area contributed by atoms with E-state index < -0.39 is 5.97 Å². The van der Waals surface area contributed by atoms with Gasteiger partial charge in [-0.15, -0.1) is 0 Å². The average molecular weight is 219 g/mol. The van der Waals surface area contributed by atoms with E-state index in [1.165, 1.54) is 5.56 Å². The van der Waals surface area contributed by atoms with E-state index in [0.29, 0.717) is 6.61 Å². The van der Waals surface area contributed by atoms with Gasteiger partial charge in [0.05, 0.1) is 6.61 Å². The van der Waals surface area contributed by atoms with Crippen molar-refractivity contribution < 1.29 is 14.6 Å². The topological polar surface area (TPSA) is 62.3 Å². The Balaban J connectivity index is 2.10. The van der Waals surface area contributed by atoms with Crippen molar-refractivity contribution in [3.8, 4) is 0 Å². The Morgan fingerprint density at radius 2 is 2.25 bits per heavy atom. The molecule has 1 aromatic heterocycles. The van der Waals surface area contributed by atoms with Gasteiger partial charge in [-0.3, -0.25) is 0 Å². The molecule has 4 nitrogen and oxygen atoms in total. The Morgan fingerprint density at radius 3 is 3.00 bits per heavy atom. The van der Waals surface area contributed by atoms with Crippen LogP contribution >= 0.6 is 0 Å². The van der Waals surface area contributed by atoms with E-state index in [1.807, 2.05) is 25.1 Å². The predicted octanol–water partition coefficient (Wildman–Crippen LogP) is 2.08. The molecule has 0 radical (unpaired) electrons. The molecule has 0 atom stereocenters. The van der Waals surface area contributed by atoms with E-state index in [0.717, 1.165) is 16.6 Å². The quantitative estimate of drug-likeness (QED) is 0.827. The molecule has 1 aromatic carbocycles. The van der Waals surface area contributed by atoms with Gasteiger partial charge in [0, 0.05) is 11.2 Å². The van der Waals surface area contributed by atoms with Gasteiger partial charge in [-0.1, -0.05) is 11.6 Å².